The molecule has 5 N–H and O–H groups in total. The normalized spacial score (nSPS) is 23.5. The molecule has 0 saturated carbocycles. The Morgan fingerprint density at radius 3 is 2.68 bits per heavy atom. The van der Waals surface area contributed by atoms with E-state index in [4.69, 9.17) is 0 Å². The lowest BCUT2D eigenvalue weighted by atomic mass is 9.99. The number of fused-ring (bicyclic) bond motifs is 1. The highest BCUT2D eigenvalue weighted by Gasteiger charge is 2.30. The van der Waals surface area contributed by atoms with Crippen LogP contribution in [-0.2, 0) is 11.2 Å². The molecule has 4 atom stereocenters. The monoisotopic (exact) mass is 393 g/mol. The van der Waals surface area contributed by atoms with Gasteiger partial charge in [-0.3, -0.25) is 14.9 Å². The summed E-state index contributed by atoms with van der Waals surface area (Å²) in [5, 5.41) is 13.2. The van der Waals surface area contributed by atoms with Crippen molar-refractivity contribution >= 4 is 16.8 Å². The molecule has 2 heterocycles. The van der Waals surface area contributed by atoms with E-state index in [0.717, 1.165) is 18.7 Å². The van der Waals surface area contributed by atoms with Gasteiger partial charge in [0.15, 0.2) is 11.6 Å². The number of piperazine rings is 1. The molecular formula is C19H25F2N5O2. The topological polar surface area (TPSA) is 98.0 Å². The number of likely N-dealkylation sites (N-methyl/N-ethyl adjacent to an activating group) is 1. The van der Waals surface area contributed by atoms with Crippen molar-refractivity contribution in [1.29, 1.82) is 0 Å². The molecule has 7 nitrogen and oxygen atoms in total. The van der Waals surface area contributed by atoms with Gasteiger partial charge in [0.2, 0.25) is 5.91 Å². The Bertz CT molecular complexity index is 932. The van der Waals surface area contributed by atoms with Gasteiger partial charge in [0.1, 0.15) is 0 Å². The molecule has 0 aliphatic carbocycles. The number of amides is 1. The fourth-order valence-electron chi connectivity index (χ4n) is 3.65. The Labute approximate surface area is 161 Å². The van der Waals surface area contributed by atoms with Crippen LogP contribution < -0.4 is 26.8 Å². The lowest BCUT2D eigenvalue weighted by Crippen LogP contribution is -2.68. The molecule has 0 radical (unpaired) electrons. The largest absolute Gasteiger partial charge is 0.352 e. The van der Waals surface area contributed by atoms with Gasteiger partial charge < -0.3 is 20.9 Å². The van der Waals surface area contributed by atoms with Crippen LogP contribution in [0.2, 0.25) is 0 Å². The van der Waals surface area contributed by atoms with Crippen molar-refractivity contribution in [3.63, 3.8) is 0 Å². The summed E-state index contributed by atoms with van der Waals surface area (Å²) in [6.07, 6.45) is 0.0120. The maximum absolute atomic E-state index is 13.4. The second-order valence-corrected chi connectivity index (χ2v) is 7.24. The maximum Gasteiger partial charge on any atom is 0.252 e. The van der Waals surface area contributed by atoms with Gasteiger partial charge in [0, 0.05) is 41.7 Å². The Morgan fingerprint density at radius 1 is 1.29 bits per heavy atom. The van der Waals surface area contributed by atoms with E-state index in [-0.39, 0.29) is 47.7 Å². The van der Waals surface area contributed by atoms with Crippen LogP contribution in [0.3, 0.4) is 0 Å². The number of H-pyrrole nitrogens is 1. The molecule has 0 spiro atoms. The Morgan fingerprint density at radius 2 is 2.00 bits per heavy atom. The lowest BCUT2D eigenvalue weighted by molar-refractivity contribution is -0.121. The van der Waals surface area contributed by atoms with E-state index in [0.29, 0.717) is 5.39 Å². The number of hydrogen-bond acceptors (Lipinski definition) is 5. The number of hydrogen-bond donors (Lipinski definition) is 5. The Balaban J connectivity index is 1.68. The van der Waals surface area contributed by atoms with Crippen LogP contribution in [0.25, 0.3) is 10.9 Å². The first-order valence-electron chi connectivity index (χ1n) is 9.25. The average molecular weight is 393 g/mol. The standard InChI is InChI=1S/C19H25F2N5O2/c1-9-18(23-8-16(22-3)24-9)10(2)25-17(27)6-12-4-11-5-13(20)14(21)7-15(11)26-19(12)28/h4-5,7,9-10,16,18,22-24H,6,8H2,1-3H3,(H,25,27)(H,26,28)/t9?,10-,16?,18?/m0/s1. The molecule has 152 valence electrons. The highest BCUT2D eigenvalue weighted by molar-refractivity contribution is 5.83. The van der Waals surface area contributed by atoms with Crippen LogP contribution in [0.1, 0.15) is 19.4 Å². The number of nitrogens with one attached hydrogen (secondary N) is 5. The van der Waals surface area contributed by atoms with Crippen LogP contribution >= 0.6 is 0 Å². The summed E-state index contributed by atoms with van der Waals surface area (Å²) < 4.78 is 26.8. The molecule has 1 saturated heterocycles. The molecule has 1 aromatic heterocycles. The molecule has 0 bridgehead atoms. The number of aromatic nitrogens is 1. The minimum absolute atomic E-state index is 0.0282. The fourth-order valence-corrected chi connectivity index (χ4v) is 3.65. The van der Waals surface area contributed by atoms with Crippen molar-refractivity contribution in [2.45, 2.75) is 44.6 Å². The summed E-state index contributed by atoms with van der Waals surface area (Å²) in [6.45, 7) is 4.65. The Hall–Kier alpha value is -2.36. The van der Waals surface area contributed by atoms with Crippen molar-refractivity contribution in [2.24, 2.45) is 0 Å². The van der Waals surface area contributed by atoms with E-state index >= 15 is 0 Å². The predicted octanol–water partition coefficient (Wildman–Crippen LogP) is 0.349. The number of carbonyl (C=O) groups excluding carboxylic acids is 1. The van der Waals surface area contributed by atoms with Gasteiger partial charge >= 0.3 is 0 Å². The molecule has 3 rings (SSSR count). The zero-order chi connectivity index (χ0) is 20.4. The van der Waals surface area contributed by atoms with Crippen LogP contribution in [-0.4, -0.2) is 48.8 Å². The number of carbonyl (C=O) groups is 1. The average Bonchev–Trinajstić information content (AvgIpc) is 2.63. The van der Waals surface area contributed by atoms with Crippen molar-refractivity contribution in [1.82, 2.24) is 26.3 Å². The van der Waals surface area contributed by atoms with E-state index in [2.05, 4.69) is 26.3 Å². The molecule has 3 unspecified atom stereocenters. The SMILES string of the molecule is CNC1CNC([C@H](C)NC(=O)Cc2cc3cc(F)c(F)cc3[nH]c2=O)C(C)N1. The first kappa shape index (κ1) is 20.4. The van der Waals surface area contributed by atoms with Gasteiger partial charge in [-0.1, -0.05) is 0 Å². The minimum atomic E-state index is -1.04. The van der Waals surface area contributed by atoms with E-state index in [9.17, 15) is 18.4 Å². The molecule has 1 aliphatic heterocycles. The van der Waals surface area contributed by atoms with Gasteiger partial charge in [-0.05, 0) is 33.0 Å². The van der Waals surface area contributed by atoms with Gasteiger partial charge in [0.25, 0.3) is 5.56 Å². The quantitative estimate of drug-likeness (QED) is 0.505. The molecule has 9 heteroatoms. The second kappa shape index (κ2) is 8.34. The summed E-state index contributed by atoms with van der Waals surface area (Å²) in [5.41, 5.74) is -0.114. The highest BCUT2D eigenvalue weighted by atomic mass is 19.2. The number of rotatable bonds is 5. The van der Waals surface area contributed by atoms with Crippen LogP contribution in [0.15, 0.2) is 23.0 Å². The Kier molecular flexibility index (Phi) is 6.07. The van der Waals surface area contributed by atoms with E-state index in [1.165, 1.54) is 6.07 Å². The van der Waals surface area contributed by atoms with E-state index < -0.39 is 17.2 Å². The van der Waals surface area contributed by atoms with Gasteiger partial charge in [-0.15, -0.1) is 0 Å². The molecule has 28 heavy (non-hydrogen) atoms. The number of halogens is 2. The lowest BCUT2D eigenvalue weighted by Gasteiger charge is -2.39. The number of aromatic amines is 1. The molecular weight excluding hydrogens is 368 g/mol. The van der Waals surface area contributed by atoms with E-state index in [1.54, 1.807) is 0 Å². The third-order valence-electron chi connectivity index (χ3n) is 5.15. The van der Waals surface area contributed by atoms with Gasteiger partial charge in [-0.2, -0.15) is 0 Å². The van der Waals surface area contributed by atoms with Gasteiger partial charge in [0.05, 0.1) is 18.1 Å². The summed E-state index contributed by atoms with van der Waals surface area (Å²) in [6, 6.07) is 3.34. The zero-order valence-electron chi connectivity index (χ0n) is 16.0. The summed E-state index contributed by atoms with van der Waals surface area (Å²) in [4.78, 5) is 27.1. The fraction of sp³-hybridized carbons (Fsp3) is 0.474. The van der Waals surface area contributed by atoms with Crippen molar-refractivity contribution in [3.8, 4) is 0 Å². The number of pyridine rings is 1. The minimum Gasteiger partial charge on any atom is -0.352 e. The zero-order valence-corrected chi connectivity index (χ0v) is 16.0. The molecule has 1 fully saturated rings. The first-order chi connectivity index (χ1) is 13.3. The highest BCUT2D eigenvalue weighted by Crippen LogP contribution is 2.16. The first-order valence-corrected chi connectivity index (χ1v) is 9.25. The maximum atomic E-state index is 13.4. The molecule has 1 aromatic carbocycles. The summed E-state index contributed by atoms with van der Waals surface area (Å²) >= 11 is 0. The van der Waals surface area contributed by atoms with Crippen molar-refractivity contribution in [3.05, 3.63) is 45.8 Å². The van der Waals surface area contributed by atoms with Crippen LogP contribution in [0.4, 0.5) is 8.78 Å². The van der Waals surface area contributed by atoms with Crippen molar-refractivity contribution < 1.29 is 13.6 Å². The van der Waals surface area contributed by atoms with Crippen LogP contribution in [0, 0.1) is 11.6 Å². The molecule has 1 aliphatic rings. The molecule has 2 aromatic rings. The number of benzene rings is 1. The van der Waals surface area contributed by atoms with E-state index in [1.807, 2.05) is 20.9 Å². The predicted molar refractivity (Wildman–Crippen MR) is 103 cm³/mol. The van der Waals surface area contributed by atoms with Gasteiger partial charge in [-0.25, -0.2) is 8.78 Å². The van der Waals surface area contributed by atoms with Crippen molar-refractivity contribution in [2.75, 3.05) is 13.6 Å². The molecule has 1 amide bonds. The summed E-state index contributed by atoms with van der Waals surface area (Å²) in [7, 11) is 1.87. The van der Waals surface area contributed by atoms with Crippen LogP contribution in [0.5, 0.6) is 0 Å². The third-order valence-corrected chi connectivity index (χ3v) is 5.15. The second-order valence-electron chi connectivity index (χ2n) is 7.24. The smallest absolute Gasteiger partial charge is 0.252 e. The summed E-state index contributed by atoms with van der Waals surface area (Å²) in [5.74, 6) is -2.36. The third kappa shape index (κ3) is 4.37.